The van der Waals surface area contributed by atoms with Gasteiger partial charge in [0.25, 0.3) is 0 Å². The highest BCUT2D eigenvalue weighted by molar-refractivity contribution is 7.12. The molecule has 116 valence electrons. The number of nitro groups is 1. The van der Waals surface area contributed by atoms with E-state index in [2.05, 4.69) is 15.6 Å². The van der Waals surface area contributed by atoms with E-state index < -0.39 is 10.8 Å². The van der Waals surface area contributed by atoms with Crippen LogP contribution in [-0.4, -0.2) is 26.8 Å². The lowest BCUT2D eigenvalue weighted by Crippen LogP contribution is -2.28. The van der Waals surface area contributed by atoms with E-state index in [-0.39, 0.29) is 23.3 Å². The second-order valence-corrected chi connectivity index (χ2v) is 5.52. The first kappa shape index (κ1) is 15.8. The number of nitrogens with one attached hydrogen (secondary N) is 1. The van der Waals surface area contributed by atoms with Gasteiger partial charge in [-0.25, -0.2) is 5.43 Å². The number of carbonyl (C=O) groups is 1. The number of nitrogens with zero attached hydrogens (tertiary/aromatic N) is 4. The first-order valence-electron chi connectivity index (χ1n) is 6.21. The van der Waals surface area contributed by atoms with E-state index in [1.54, 1.807) is 13.0 Å². The number of thiophene rings is 1. The van der Waals surface area contributed by atoms with Crippen LogP contribution in [0.25, 0.3) is 0 Å². The van der Waals surface area contributed by atoms with Gasteiger partial charge in [0.2, 0.25) is 5.91 Å². The Morgan fingerprint density at radius 1 is 1.68 bits per heavy atom. The lowest BCUT2D eigenvalue weighted by molar-refractivity contribution is -0.385. The lowest BCUT2D eigenvalue weighted by atomic mass is 10.2. The van der Waals surface area contributed by atoms with E-state index in [0.29, 0.717) is 4.88 Å². The summed E-state index contributed by atoms with van der Waals surface area (Å²) in [5, 5.41) is 17.7. The molecule has 1 amide bonds. The van der Waals surface area contributed by atoms with Gasteiger partial charge in [-0.15, -0.1) is 11.3 Å². The predicted molar refractivity (Wildman–Crippen MR) is 78.1 cm³/mol. The molecule has 1 unspecified atom stereocenters. The third-order valence-corrected chi connectivity index (χ3v) is 3.51. The Labute approximate surface area is 128 Å². The van der Waals surface area contributed by atoms with Crippen LogP contribution in [0.3, 0.4) is 0 Å². The van der Waals surface area contributed by atoms with Crippen molar-refractivity contribution in [2.24, 2.45) is 11.0 Å². The van der Waals surface area contributed by atoms with Gasteiger partial charge in [-0.05, 0) is 12.1 Å². The van der Waals surface area contributed by atoms with Crippen LogP contribution in [0, 0.1) is 21.2 Å². The Morgan fingerprint density at radius 2 is 2.45 bits per heavy atom. The van der Waals surface area contributed by atoms with Crippen molar-refractivity contribution in [1.29, 1.82) is 0 Å². The van der Waals surface area contributed by atoms with Crippen molar-refractivity contribution >= 4 is 29.1 Å². The maximum absolute atomic E-state index is 12.8. The van der Waals surface area contributed by atoms with E-state index in [4.69, 9.17) is 0 Å². The zero-order chi connectivity index (χ0) is 16.1. The average molecular weight is 325 g/mol. The van der Waals surface area contributed by atoms with Crippen molar-refractivity contribution in [3.63, 3.8) is 0 Å². The minimum atomic E-state index is -0.557. The summed E-state index contributed by atoms with van der Waals surface area (Å²) in [7, 11) is 0. The molecule has 0 aliphatic carbocycles. The summed E-state index contributed by atoms with van der Waals surface area (Å²) >= 11 is 0.911. The summed E-state index contributed by atoms with van der Waals surface area (Å²) in [6, 6.07) is 2.85. The standard InChI is InChI=1S/C12H12FN5O3S/c1-8(6-17-7-9(4-15-17)18(20)21)12(19)16-14-5-10-2-3-11(13)22-10/h2-5,7-8H,6H2,1H3,(H,16,19)/b14-5+. The number of hydrogen-bond donors (Lipinski definition) is 1. The molecule has 0 bridgehead atoms. The first-order chi connectivity index (χ1) is 10.5. The molecule has 0 saturated heterocycles. The van der Waals surface area contributed by atoms with Gasteiger partial charge in [-0.3, -0.25) is 19.6 Å². The van der Waals surface area contributed by atoms with Crippen molar-refractivity contribution in [2.75, 3.05) is 0 Å². The summed E-state index contributed by atoms with van der Waals surface area (Å²) in [4.78, 5) is 22.4. The Bertz CT molecular complexity index is 711. The molecular weight excluding hydrogens is 313 g/mol. The van der Waals surface area contributed by atoms with Gasteiger partial charge in [-0.1, -0.05) is 6.92 Å². The molecule has 2 rings (SSSR count). The van der Waals surface area contributed by atoms with Crippen LogP contribution >= 0.6 is 11.3 Å². The first-order valence-corrected chi connectivity index (χ1v) is 7.02. The van der Waals surface area contributed by atoms with E-state index in [9.17, 15) is 19.3 Å². The number of amides is 1. The van der Waals surface area contributed by atoms with Crippen molar-refractivity contribution in [3.8, 4) is 0 Å². The molecule has 0 aromatic carbocycles. The Hall–Kier alpha value is -2.62. The van der Waals surface area contributed by atoms with Gasteiger partial charge in [0.05, 0.1) is 28.5 Å². The molecule has 0 aliphatic rings. The van der Waals surface area contributed by atoms with Crippen LogP contribution in [0.5, 0.6) is 0 Å². The van der Waals surface area contributed by atoms with Gasteiger partial charge < -0.3 is 0 Å². The summed E-state index contributed by atoms with van der Waals surface area (Å²) in [6.07, 6.45) is 3.71. The summed E-state index contributed by atoms with van der Waals surface area (Å²) in [6.45, 7) is 1.83. The lowest BCUT2D eigenvalue weighted by Gasteiger charge is -2.08. The SMILES string of the molecule is CC(Cn1cc([N+](=O)[O-])cn1)C(=O)N/N=C/c1ccc(F)s1. The van der Waals surface area contributed by atoms with Crippen LogP contribution in [0.2, 0.25) is 0 Å². The minimum Gasteiger partial charge on any atom is -0.273 e. The van der Waals surface area contributed by atoms with E-state index >= 15 is 0 Å². The van der Waals surface area contributed by atoms with Crippen LogP contribution in [0.1, 0.15) is 11.8 Å². The third-order valence-electron chi connectivity index (χ3n) is 2.70. The van der Waals surface area contributed by atoms with Crippen LogP contribution in [-0.2, 0) is 11.3 Å². The summed E-state index contributed by atoms with van der Waals surface area (Å²) in [5.74, 6) is -0.858. The quantitative estimate of drug-likeness (QED) is 0.497. The number of halogens is 1. The molecule has 10 heteroatoms. The van der Waals surface area contributed by atoms with E-state index in [1.165, 1.54) is 23.2 Å². The largest absolute Gasteiger partial charge is 0.306 e. The monoisotopic (exact) mass is 325 g/mol. The normalized spacial score (nSPS) is 12.5. The molecule has 2 aromatic rings. The molecule has 22 heavy (non-hydrogen) atoms. The Balaban J connectivity index is 1.86. The zero-order valence-electron chi connectivity index (χ0n) is 11.5. The Kier molecular flexibility index (Phi) is 4.94. The molecule has 0 fully saturated rings. The Morgan fingerprint density at radius 3 is 3.05 bits per heavy atom. The second-order valence-electron chi connectivity index (χ2n) is 4.45. The maximum atomic E-state index is 12.8. The highest BCUT2D eigenvalue weighted by Crippen LogP contribution is 2.12. The van der Waals surface area contributed by atoms with Crippen molar-refractivity contribution in [3.05, 3.63) is 44.6 Å². The van der Waals surface area contributed by atoms with Crippen molar-refractivity contribution in [2.45, 2.75) is 13.5 Å². The third kappa shape index (κ3) is 4.19. The molecule has 0 radical (unpaired) electrons. The second kappa shape index (κ2) is 6.89. The smallest absolute Gasteiger partial charge is 0.273 e. The fourth-order valence-corrected chi connectivity index (χ4v) is 2.18. The topological polar surface area (TPSA) is 102 Å². The van der Waals surface area contributed by atoms with Gasteiger partial charge in [0.1, 0.15) is 12.4 Å². The molecular formula is C12H12FN5O3S. The zero-order valence-corrected chi connectivity index (χ0v) is 12.3. The van der Waals surface area contributed by atoms with Crippen molar-refractivity contribution < 1.29 is 14.1 Å². The highest BCUT2D eigenvalue weighted by Gasteiger charge is 2.16. The fraction of sp³-hybridized carbons (Fsp3) is 0.250. The predicted octanol–water partition coefficient (Wildman–Crippen LogP) is 1.78. The highest BCUT2D eigenvalue weighted by atomic mass is 32.1. The average Bonchev–Trinajstić information content (AvgIpc) is 3.08. The number of carbonyl (C=O) groups excluding carboxylic acids is 1. The molecule has 1 N–H and O–H groups in total. The van der Waals surface area contributed by atoms with Gasteiger partial charge in [0.15, 0.2) is 5.13 Å². The molecule has 2 heterocycles. The summed E-state index contributed by atoms with van der Waals surface area (Å²) < 4.78 is 14.1. The van der Waals surface area contributed by atoms with Gasteiger partial charge >= 0.3 is 5.69 Å². The molecule has 8 nitrogen and oxygen atoms in total. The maximum Gasteiger partial charge on any atom is 0.306 e. The fourth-order valence-electron chi connectivity index (χ4n) is 1.58. The number of rotatable bonds is 6. The van der Waals surface area contributed by atoms with Crippen LogP contribution in [0.15, 0.2) is 29.6 Å². The molecule has 2 aromatic heterocycles. The molecule has 1 atom stereocenters. The molecule has 0 saturated carbocycles. The van der Waals surface area contributed by atoms with Gasteiger partial charge in [-0.2, -0.15) is 14.6 Å². The molecule has 0 spiro atoms. The van der Waals surface area contributed by atoms with E-state index in [1.807, 2.05) is 0 Å². The minimum absolute atomic E-state index is 0.134. The number of aromatic nitrogens is 2. The van der Waals surface area contributed by atoms with Crippen LogP contribution < -0.4 is 5.43 Å². The molecule has 0 aliphatic heterocycles. The number of hydrazone groups is 1. The van der Waals surface area contributed by atoms with Crippen LogP contribution in [0.4, 0.5) is 10.1 Å². The van der Waals surface area contributed by atoms with E-state index in [0.717, 1.165) is 17.5 Å². The van der Waals surface area contributed by atoms with Crippen molar-refractivity contribution in [1.82, 2.24) is 15.2 Å². The summed E-state index contributed by atoms with van der Waals surface area (Å²) in [5.41, 5.74) is 2.20. The van der Waals surface area contributed by atoms with Gasteiger partial charge in [0, 0.05) is 0 Å². The number of hydrogen-bond acceptors (Lipinski definition) is 6.